The van der Waals surface area contributed by atoms with Gasteiger partial charge < -0.3 is 9.84 Å². The molecule has 0 saturated heterocycles. The van der Waals surface area contributed by atoms with Crippen molar-refractivity contribution in [2.45, 2.75) is 38.7 Å². The van der Waals surface area contributed by atoms with Crippen LogP contribution in [0.1, 0.15) is 44.3 Å². The summed E-state index contributed by atoms with van der Waals surface area (Å²) in [4.78, 5) is 2.48. The van der Waals surface area contributed by atoms with Crippen molar-refractivity contribution in [1.82, 2.24) is 4.90 Å². The molecule has 0 heterocycles. The first kappa shape index (κ1) is 14.9. The van der Waals surface area contributed by atoms with Gasteiger partial charge in [-0.15, -0.1) is 0 Å². The van der Waals surface area contributed by atoms with E-state index in [-0.39, 0.29) is 0 Å². The lowest BCUT2D eigenvalue weighted by molar-refractivity contribution is 0.107. The van der Waals surface area contributed by atoms with Crippen LogP contribution in [-0.2, 0) is 0 Å². The van der Waals surface area contributed by atoms with Crippen molar-refractivity contribution >= 4 is 0 Å². The Kier molecular flexibility index (Phi) is 4.81. The molecule has 0 radical (unpaired) electrons. The van der Waals surface area contributed by atoms with E-state index in [1.54, 1.807) is 0 Å². The minimum atomic E-state index is -0.391. The molecule has 0 amide bonds. The minimum absolute atomic E-state index is 0.391. The Morgan fingerprint density at radius 1 is 1.10 bits per heavy atom. The molecule has 2 aliphatic carbocycles. The quantitative estimate of drug-likeness (QED) is 0.757. The summed E-state index contributed by atoms with van der Waals surface area (Å²) in [6, 6.07) is 7.88. The van der Waals surface area contributed by atoms with Gasteiger partial charge in [-0.3, -0.25) is 4.90 Å². The van der Waals surface area contributed by atoms with E-state index in [2.05, 4.69) is 4.90 Å². The first-order valence-electron chi connectivity index (χ1n) is 8.37. The second kappa shape index (κ2) is 6.80. The van der Waals surface area contributed by atoms with Crippen LogP contribution in [0.4, 0.5) is 0 Å². The Morgan fingerprint density at radius 3 is 2.14 bits per heavy atom. The molecule has 21 heavy (non-hydrogen) atoms. The van der Waals surface area contributed by atoms with Gasteiger partial charge in [0, 0.05) is 19.6 Å². The molecule has 116 valence electrons. The largest absolute Gasteiger partial charge is 0.494 e. The van der Waals surface area contributed by atoms with Gasteiger partial charge in [-0.25, -0.2) is 0 Å². The van der Waals surface area contributed by atoms with Gasteiger partial charge in [-0.1, -0.05) is 12.1 Å². The number of ether oxygens (including phenoxy) is 1. The fourth-order valence-electron chi connectivity index (χ4n) is 2.86. The topological polar surface area (TPSA) is 32.7 Å². The summed E-state index contributed by atoms with van der Waals surface area (Å²) in [5, 5.41) is 10.5. The van der Waals surface area contributed by atoms with Gasteiger partial charge in [-0.2, -0.15) is 0 Å². The standard InChI is InChI=1S/C18H27NO2/c1-2-21-17-9-7-16(8-10-17)18(20)13-19(11-14-3-4-14)12-15-5-6-15/h7-10,14-15,18,20H,2-6,11-13H2,1H3. The molecule has 0 spiro atoms. The molecule has 1 unspecified atom stereocenters. The summed E-state index contributed by atoms with van der Waals surface area (Å²) >= 11 is 0. The molecule has 3 rings (SSSR count). The molecule has 1 N–H and O–H groups in total. The number of rotatable bonds is 9. The van der Waals surface area contributed by atoms with Crippen LogP contribution >= 0.6 is 0 Å². The second-order valence-corrected chi connectivity index (χ2v) is 6.62. The Hall–Kier alpha value is -1.06. The van der Waals surface area contributed by atoms with Crippen molar-refractivity contribution < 1.29 is 9.84 Å². The molecule has 0 aromatic heterocycles. The van der Waals surface area contributed by atoms with Crippen LogP contribution in [0.2, 0.25) is 0 Å². The van der Waals surface area contributed by atoms with Crippen molar-refractivity contribution in [3.05, 3.63) is 29.8 Å². The fraction of sp³-hybridized carbons (Fsp3) is 0.667. The molecule has 1 atom stereocenters. The van der Waals surface area contributed by atoms with E-state index in [4.69, 9.17) is 4.74 Å². The SMILES string of the molecule is CCOc1ccc(C(O)CN(CC2CC2)CC2CC2)cc1. The maximum atomic E-state index is 10.5. The zero-order valence-corrected chi connectivity index (χ0v) is 13.0. The fourth-order valence-corrected chi connectivity index (χ4v) is 2.86. The van der Waals surface area contributed by atoms with E-state index in [0.29, 0.717) is 6.61 Å². The zero-order chi connectivity index (χ0) is 14.7. The van der Waals surface area contributed by atoms with E-state index >= 15 is 0 Å². The van der Waals surface area contributed by atoms with Crippen LogP contribution in [0.5, 0.6) is 5.75 Å². The normalized spacial score (nSPS) is 19.8. The van der Waals surface area contributed by atoms with E-state index in [1.165, 1.54) is 38.8 Å². The predicted molar refractivity (Wildman–Crippen MR) is 84.5 cm³/mol. The van der Waals surface area contributed by atoms with E-state index in [1.807, 2.05) is 31.2 Å². The van der Waals surface area contributed by atoms with Crippen LogP contribution in [-0.4, -0.2) is 36.2 Å². The summed E-state index contributed by atoms with van der Waals surface area (Å²) in [6.45, 7) is 5.77. The molecule has 1 aromatic rings. The smallest absolute Gasteiger partial charge is 0.119 e. The first-order chi connectivity index (χ1) is 10.2. The maximum absolute atomic E-state index is 10.5. The lowest BCUT2D eigenvalue weighted by Gasteiger charge is -2.25. The number of aliphatic hydroxyl groups excluding tert-OH is 1. The Morgan fingerprint density at radius 2 is 1.67 bits per heavy atom. The molecule has 0 aliphatic heterocycles. The summed E-state index contributed by atoms with van der Waals surface area (Å²) in [5.74, 6) is 2.65. The summed E-state index contributed by atoms with van der Waals surface area (Å²) < 4.78 is 5.45. The average Bonchev–Trinajstić information content (AvgIpc) is 3.36. The minimum Gasteiger partial charge on any atom is -0.494 e. The second-order valence-electron chi connectivity index (χ2n) is 6.62. The lowest BCUT2D eigenvalue weighted by Crippen LogP contribution is -2.32. The van der Waals surface area contributed by atoms with Crippen LogP contribution in [0.15, 0.2) is 24.3 Å². The van der Waals surface area contributed by atoms with Crippen LogP contribution in [0.25, 0.3) is 0 Å². The Bertz CT molecular complexity index is 423. The third-order valence-corrected chi connectivity index (χ3v) is 4.43. The molecular formula is C18H27NO2. The zero-order valence-electron chi connectivity index (χ0n) is 13.0. The molecule has 2 fully saturated rings. The van der Waals surface area contributed by atoms with Crippen LogP contribution < -0.4 is 4.74 Å². The van der Waals surface area contributed by atoms with Gasteiger partial charge >= 0.3 is 0 Å². The van der Waals surface area contributed by atoms with Crippen LogP contribution in [0, 0.1) is 11.8 Å². The number of benzene rings is 1. The number of hydrogen-bond donors (Lipinski definition) is 1. The summed E-state index contributed by atoms with van der Waals surface area (Å²) in [5.41, 5.74) is 0.995. The molecule has 3 heteroatoms. The summed E-state index contributed by atoms with van der Waals surface area (Å²) in [7, 11) is 0. The molecule has 2 aliphatic rings. The molecule has 3 nitrogen and oxygen atoms in total. The van der Waals surface area contributed by atoms with Gasteiger partial charge in [0.2, 0.25) is 0 Å². The highest BCUT2D eigenvalue weighted by molar-refractivity contribution is 5.28. The van der Waals surface area contributed by atoms with Crippen molar-refractivity contribution in [3.63, 3.8) is 0 Å². The van der Waals surface area contributed by atoms with Crippen molar-refractivity contribution in [2.75, 3.05) is 26.2 Å². The third-order valence-electron chi connectivity index (χ3n) is 4.43. The Balaban J connectivity index is 1.55. The number of nitrogens with zero attached hydrogens (tertiary/aromatic N) is 1. The van der Waals surface area contributed by atoms with Crippen molar-refractivity contribution in [1.29, 1.82) is 0 Å². The highest BCUT2D eigenvalue weighted by atomic mass is 16.5. The highest BCUT2D eigenvalue weighted by Crippen LogP contribution is 2.34. The molecule has 2 saturated carbocycles. The molecule has 0 bridgehead atoms. The van der Waals surface area contributed by atoms with Gasteiger partial charge in [0.1, 0.15) is 5.75 Å². The lowest BCUT2D eigenvalue weighted by atomic mass is 10.1. The van der Waals surface area contributed by atoms with E-state index in [9.17, 15) is 5.11 Å². The average molecular weight is 289 g/mol. The summed E-state index contributed by atoms with van der Waals surface area (Å²) in [6.07, 6.45) is 5.11. The predicted octanol–water partition coefficient (Wildman–Crippen LogP) is 3.24. The third kappa shape index (κ3) is 4.72. The first-order valence-corrected chi connectivity index (χ1v) is 8.37. The van der Waals surface area contributed by atoms with E-state index in [0.717, 1.165) is 29.7 Å². The van der Waals surface area contributed by atoms with Gasteiger partial charge in [-0.05, 0) is 62.1 Å². The Labute approximate surface area is 127 Å². The van der Waals surface area contributed by atoms with Gasteiger partial charge in [0.25, 0.3) is 0 Å². The highest BCUT2D eigenvalue weighted by Gasteiger charge is 2.30. The van der Waals surface area contributed by atoms with Gasteiger partial charge in [0.05, 0.1) is 12.7 Å². The molecule has 1 aromatic carbocycles. The van der Waals surface area contributed by atoms with Crippen molar-refractivity contribution in [3.8, 4) is 5.75 Å². The molecular weight excluding hydrogens is 262 g/mol. The van der Waals surface area contributed by atoms with Crippen molar-refractivity contribution in [2.24, 2.45) is 11.8 Å². The monoisotopic (exact) mass is 289 g/mol. The van der Waals surface area contributed by atoms with Gasteiger partial charge in [0.15, 0.2) is 0 Å². The van der Waals surface area contributed by atoms with E-state index < -0.39 is 6.10 Å². The number of aliphatic hydroxyl groups is 1. The van der Waals surface area contributed by atoms with Crippen LogP contribution in [0.3, 0.4) is 0 Å². The maximum Gasteiger partial charge on any atom is 0.119 e. The number of hydrogen-bond acceptors (Lipinski definition) is 3.